The zero-order chi connectivity index (χ0) is 13.3. The normalized spacial score (nSPS) is 16.9. The van der Waals surface area contributed by atoms with E-state index in [4.69, 9.17) is 0 Å². The third-order valence-electron chi connectivity index (χ3n) is 4.23. The second-order valence-electron chi connectivity index (χ2n) is 5.79. The largest absolute Gasteiger partial charge is 0.313 e. The standard InChI is InChI=1S/C17H28N2/c1-19(17-11-6-3-7-12-17)14-8-13-18-15-16-9-4-2-5-10-16/h2,4-5,9-10,17-18H,3,6-8,11-15H2,1H3. The summed E-state index contributed by atoms with van der Waals surface area (Å²) in [6.45, 7) is 3.34. The molecule has 2 nitrogen and oxygen atoms in total. The molecular formula is C17H28N2. The molecule has 0 amide bonds. The first-order valence-electron chi connectivity index (χ1n) is 7.81. The van der Waals surface area contributed by atoms with Crippen LogP contribution in [0.15, 0.2) is 30.3 Å². The van der Waals surface area contributed by atoms with Crippen LogP contribution < -0.4 is 5.32 Å². The third kappa shape index (κ3) is 5.33. The van der Waals surface area contributed by atoms with Crippen LogP contribution >= 0.6 is 0 Å². The Morgan fingerprint density at radius 2 is 1.84 bits per heavy atom. The van der Waals surface area contributed by atoms with Gasteiger partial charge in [-0.15, -0.1) is 0 Å². The van der Waals surface area contributed by atoms with Gasteiger partial charge in [0, 0.05) is 12.6 Å². The topological polar surface area (TPSA) is 15.3 Å². The highest BCUT2D eigenvalue weighted by molar-refractivity contribution is 5.14. The monoisotopic (exact) mass is 260 g/mol. The maximum absolute atomic E-state index is 3.53. The molecular weight excluding hydrogens is 232 g/mol. The Hall–Kier alpha value is -0.860. The average molecular weight is 260 g/mol. The smallest absolute Gasteiger partial charge is 0.0205 e. The highest BCUT2D eigenvalue weighted by Crippen LogP contribution is 2.21. The van der Waals surface area contributed by atoms with Crippen LogP contribution in [-0.4, -0.2) is 31.1 Å². The third-order valence-corrected chi connectivity index (χ3v) is 4.23. The van der Waals surface area contributed by atoms with Crippen LogP contribution in [0, 0.1) is 0 Å². The molecule has 0 aromatic heterocycles. The predicted molar refractivity (Wildman–Crippen MR) is 82.3 cm³/mol. The molecule has 0 spiro atoms. The van der Waals surface area contributed by atoms with Gasteiger partial charge in [0.05, 0.1) is 0 Å². The second kappa shape index (κ2) is 8.34. The average Bonchev–Trinajstić information content (AvgIpc) is 2.49. The van der Waals surface area contributed by atoms with Crippen LogP contribution in [0.3, 0.4) is 0 Å². The number of hydrogen-bond donors (Lipinski definition) is 1. The lowest BCUT2D eigenvalue weighted by molar-refractivity contribution is 0.189. The molecule has 1 aromatic carbocycles. The first-order chi connectivity index (χ1) is 9.36. The van der Waals surface area contributed by atoms with E-state index in [1.54, 1.807) is 0 Å². The van der Waals surface area contributed by atoms with Crippen LogP contribution in [0.2, 0.25) is 0 Å². The Kier molecular flexibility index (Phi) is 6.38. The number of benzene rings is 1. The summed E-state index contributed by atoms with van der Waals surface area (Å²) in [5, 5.41) is 3.53. The van der Waals surface area contributed by atoms with E-state index in [0.29, 0.717) is 0 Å². The summed E-state index contributed by atoms with van der Waals surface area (Å²) in [6.07, 6.45) is 8.38. The van der Waals surface area contributed by atoms with E-state index in [1.165, 1.54) is 50.6 Å². The van der Waals surface area contributed by atoms with Gasteiger partial charge in [-0.05, 0) is 45.0 Å². The van der Waals surface area contributed by atoms with E-state index in [2.05, 4.69) is 47.6 Å². The maximum Gasteiger partial charge on any atom is 0.0205 e. The van der Waals surface area contributed by atoms with Crippen molar-refractivity contribution in [2.75, 3.05) is 20.1 Å². The lowest BCUT2D eigenvalue weighted by Gasteiger charge is -2.31. The van der Waals surface area contributed by atoms with Gasteiger partial charge in [-0.1, -0.05) is 49.6 Å². The summed E-state index contributed by atoms with van der Waals surface area (Å²) in [5.74, 6) is 0. The van der Waals surface area contributed by atoms with E-state index in [1.807, 2.05) is 0 Å². The minimum atomic E-state index is 0.850. The summed E-state index contributed by atoms with van der Waals surface area (Å²) < 4.78 is 0. The minimum Gasteiger partial charge on any atom is -0.313 e. The zero-order valence-electron chi connectivity index (χ0n) is 12.3. The molecule has 0 unspecified atom stereocenters. The van der Waals surface area contributed by atoms with Gasteiger partial charge in [0.15, 0.2) is 0 Å². The van der Waals surface area contributed by atoms with Gasteiger partial charge in [-0.25, -0.2) is 0 Å². The number of hydrogen-bond acceptors (Lipinski definition) is 2. The van der Waals surface area contributed by atoms with Crippen molar-refractivity contribution < 1.29 is 0 Å². The molecule has 1 fully saturated rings. The van der Waals surface area contributed by atoms with Gasteiger partial charge < -0.3 is 10.2 Å². The van der Waals surface area contributed by atoms with Crippen LogP contribution in [0.5, 0.6) is 0 Å². The molecule has 0 heterocycles. The van der Waals surface area contributed by atoms with Crippen LogP contribution in [0.4, 0.5) is 0 Å². The molecule has 0 saturated heterocycles. The Morgan fingerprint density at radius 3 is 2.58 bits per heavy atom. The molecule has 19 heavy (non-hydrogen) atoms. The van der Waals surface area contributed by atoms with Gasteiger partial charge in [-0.3, -0.25) is 0 Å². The zero-order valence-corrected chi connectivity index (χ0v) is 12.3. The van der Waals surface area contributed by atoms with Crippen LogP contribution in [-0.2, 0) is 6.54 Å². The van der Waals surface area contributed by atoms with Gasteiger partial charge in [0.2, 0.25) is 0 Å². The highest BCUT2D eigenvalue weighted by atomic mass is 15.1. The summed E-state index contributed by atoms with van der Waals surface area (Å²) in [6, 6.07) is 11.5. The fourth-order valence-corrected chi connectivity index (χ4v) is 2.99. The molecule has 1 saturated carbocycles. The Balaban J connectivity index is 1.54. The van der Waals surface area contributed by atoms with E-state index < -0.39 is 0 Å². The van der Waals surface area contributed by atoms with Crippen molar-refractivity contribution in [3.63, 3.8) is 0 Å². The van der Waals surface area contributed by atoms with E-state index in [9.17, 15) is 0 Å². The first kappa shape index (κ1) is 14.5. The second-order valence-corrected chi connectivity index (χ2v) is 5.79. The quantitative estimate of drug-likeness (QED) is 0.756. The first-order valence-corrected chi connectivity index (χ1v) is 7.81. The predicted octanol–water partition coefficient (Wildman–Crippen LogP) is 3.43. The molecule has 1 aliphatic rings. The molecule has 1 aliphatic carbocycles. The molecule has 0 bridgehead atoms. The highest BCUT2D eigenvalue weighted by Gasteiger charge is 2.16. The lowest BCUT2D eigenvalue weighted by atomic mass is 9.94. The molecule has 1 N–H and O–H groups in total. The van der Waals surface area contributed by atoms with Crippen molar-refractivity contribution in [3.05, 3.63) is 35.9 Å². The SMILES string of the molecule is CN(CCCNCc1ccccc1)C1CCCCC1. The number of nitrogens with zero attached hydrogens (tertiary/aromatic N) is 1. The van der Waals surface area contributed by atoms with Gasteiger partial charge in [0.1, 0.15) is 0 Å². The Morgan fingerprint density at radius 1 is 1.11 bits per heavy atom. The van der Waals surface area contributed by atoms with Gasteiger partial charge in [-0.2, -0.15) is 0 Å². The van der Waals surface area contributed by atoms with Crippen LogP contribution in [0.25, 0.3) is 0 Å². The van der Waals surface area contributed by atoms with Gasteiger partial charge >= 0.3 is 0 Å². The Bertz CT molecular complexity index is 330. The Labute approximate surface area is 118 Å². The van der Waals surface area contributed by atoms with Crippen molar-refractivity contribution in [1.82, 2.24) is 10.2 Å². The summed E-state index contributed by atoms with van der Waals surface area (Å²) in [7, 11) is 2.30. The minimum absolute atomic E-state index is 0.850. The molecule has 1 aromatic rings. The van der Waals surface area contributed by atoms with Crippen molar-refractivity contribution in [1.29, 1.82) is 0 Å². The fourth-order valence-electron chi connectivity index (χ4n) is 2.99. The maximum atomic E-state index is 3.53. The molecule has 106 valence electrons. The van der Waals surface area contributed by atoms with E-state index in [-0.39, 0.29) is 0 Å². The van der Waals surface area contributed by atoms with Crippen molar-refractivity contribution in [3.8, 4) is 0 Å². The fraction of sp³-hybridized carbons (Fsp3) is 0.647. The summed E-state index contributed by atoms with van der Waals surface area (Å²) in [4.78, 5) is 2.57. The number of rotatable bonds is 7. The van der Waals surface area contributed by atoms with Crippen molar-refractivity contribution >= 4 is 0 Å². The lowest BCUT2D eigenvalue weighted by Crippen LogP contribution is -2.35. The van der Waals surface area contributed by atoms with E-state index >= 15 is 0 Å². The summed E-state index contributed by atoms with van der Waals surface area (Å²) >= 11 is 0. The molecule has 2 heteroatoms. The summed E-state index contributed by atoms with van der Waals surface area (Å²) in [5.41, 5.74) is 1.38. The van der Waals surface area contributed by atoms with Crippen molar-refractivity contribution in [2.45, 2.75) is 51.1 Å². The number of nitrogens with one attached hydrogen (secondary N) is 1. The molecule has 2 rings (SSSR count). The van der Waals surface area contributed by atoms with Gasteiger partial charge in [0.25, 0.3) is 0 Å². The van der Waals surface area contributed by atoms with Crippen molar-refractivity contribution in [2.24, 2.45) is 0 Å². The molecule has 0 atom stereocenters. The molecule has 0 aliphatic heterocycles. The van der Waals surface area contributed by atoms with E-state index in [0.717, 1.165) is 19.1 Å². The van der Waals surface area contributed by atoms with Crippen LogP contribution in [0.1, 0.15) is 44.1 Å². The molecule has 0 radical (unpaired) electrons.